The van der Waals surface area contributed by atoms with Crippen molar-refractivity contribution >= 4 is 38.9 Å². The molecule has 178 valence electrons. The molecule has 1 saturated heterocycles. The van der Waals surface area contributed by atoms with Crippen LogP contribution in [0.1, 0.15) is 41.7 Å². The van der Waals surface area contributed by atoms with Gasteiger partial charge in [0.05, 0.1) is 23.2 Å². The molecule has 0 bridgehead atoms. The average Bonchev–Trinajstić information content (AvgIpc) is 3.41. The molecule has 1 aliphatic heterocycles. The highest BCUT2D eigenvalue weighted by Crippen LogP contribution is 2.27. The molecule has 0 spiro atoms. The van der Waals surface area contributed by atoms with Gasteiger partial charge in [-0.05, 0) is 48.9 Å². The summed E-state index contributed by atoms with van der Waals surface area (Å²) < 4.78 is 27.4. The predicted octanol–water partition coefficient (Wildman–Crippen LogP) is 4.28. The third-order valence-electron chi connectivity index (χ3n) is 5.92. The summed E-state index contributed by atoms with van der Waals surface area (Å²) >= 11 is 1.17. The second kappa shape index (κ2) is 10.5. The van der Waals surface area contributed by atoms with E-state index in [9.17, 15) is 18.0 Å². The Morgan fingerprint density at radius 3 is 2.50 bits per heavy atom. The Balaban J connectivity index is 1.45. The number of carbonyl (C=O) groups is 2. The molecule has 2 atom stereocenters. The Hall–Kier alpha value is -3.01. The number of anilines is 1. The van der Waals surface area contributed by atoms with Crippen molar-refractivity contribution in [1.29, 1.82) is 0 Å². The number of thiophene rings is 1. The molecule has 2 amide bonds. The van der Waals surface area contributed by atoms with Crippen molar-refractivity contribution in [2.75, 3.05) is 18.4 Å². The number of rotatable bonds is 7. The second-order valence-electron chi connectivity index (χ2n) is 8.27. The Bertz CT molecular complexity index is 1240. The summed E-state index contributed by atoms with van der Waals surface area (Å²) in [4.78, 5) is 26.1. The molecule has 9 heteroatoms. The lowest BCUT2D eigenvalue weighted by Gasteiger charge is -2.31. The fraction of sp³-hybridized carbons (Fsp3) is 0.280. The normalized spacial score (nSPS) is 17.6. The smallest absolute Gasteiger partial charge is 0.253 e. The molecule has 7 nitrogen and oxygen atoms in total. The third kappa shape index (κ3) is 5.38. The summed E-state index contributed by atoms with van der Waals surface area (Å²) in [7, 11) is -3.61. The number of benzene rings is 2. The van der Waals surface area contributed by atoms with E-state index in [4.69, 9.17) is 0 Å². The predicted molar refractivity (Wildman–Crippen MR) is 133 cm³/mol. The highest BCUT2D eigenvalue weighted by molar-refractivity contribution is 7.91. The summed E-state index contributed by atoms with van der Waals surface area (Å²) in [5.41, 5.74) is 1.74. The number of carbonyl (C=O) groups excluding carboxylic acids is 2. The van der Waals surface area contributed by atoms with Crippen LogP contribution in [-0.4, -0.2) is 37.6 Å². The lowest BCUT2D eigenvalue weighted by Crippen LogP contribution is -2.43. The maximum Gasteiger partial charge on any atom is 0.253 e. The lowest BCUT2D eigenvalue weighted by molar-refractivity contribution is -0.120. The minimum atomic E-state index is -3.61. The molecule has 0 aliphatic carbocycles. The van der Waals surface area contributed by atoms with Gasteiger partial charge in [0.2, 0.25) is 5.91 Å². The van der Waals surface area contributed by atoms with Crippen LogP contribution in [-0.2, 0) is 14.8 Å². The third-order valence-corrected chi connectivity index (χ3v) is 9.16. The van der Waals surface area contributed by atoms with Crippen LogP contribution in [0.4, 0.5) is 5.69 Å². The number of sulfonamides is 1. The molecular formula is C25H27N3O4S2. The first kappa shape index (κ1) is 24.1. The maximum absolute atomic E-state index is 13.1. The Kier molecular flexibility index (Phi) is 7.45. The van der Waals surface area contributed by atoms with Gasteiger partial charge in [-0.15, -0.1) is 11.3 Å². The average molecular weight is 498 g/mol. The monoisotopic (exact) mass is 497 g/mol. The van der Waals surface area contributed by atoms with Crippen LogP contribution >= 0.6 is 11.3 Å². The first-order valence-corrected chi connectivity index (χ1v) is 13.5. The fourth-order valence-corrected chi connectivity index (χ4v) is 6.70. The highest BCUT2D eigenvalue weighted by atomic mass is 32.2. The zero-order valence-electron chi connectivity index (χ0n) is 18.8. The summed E-state index contributed by atoms with van der Waals surface area (Å²) in [5.74, 6) is -1.08. The van der Waals surface area contributed by atoms with Gasteiger partial charge in [0.1, 0.15) is 4.21 Å². The van der Waals surface area contributed by atoms with Crippen molar-refractivity contribution in [3.8, 4) is 0 Å². The van der Waals surface area contributed by atoms with E-state index in [0.29, 0.717) is 30.6 Å². The molecule has 34 heavy (non-hydrogen) atoms. The number of nitrogens with one attached hydrogen (secondary N) is 2. The largest absolute Gasteiger partial charge is 0.345 e. The number of para-hydroxylation sites is 1. The van der Waals surface area contributed by atoms with Crippen molar-refractivity contribution in [3.63, 3.8) is 0 Å². The summed E-state index contributed by atoms with van der Waals surface area (Å²) in [6.45, 7) is 2.41. The van der Waals surface area contributed by atoms with Gasteiger partial charge in [-0.3, -0.25) is 9.59 Å². The van der Waals surface area contributed by atoms with E-state index in [2.05, 4.69) is 10.6 Å². The van der Waals surface area contributed by atoms with E-state index in [1.165, 1.54) is 15.6 Å². The van der Waals surface area contributed by atoms with Gasteiger partial charge in [-0.1, -0.05) is 48.5 Å². The molecule has 0 radical (unpaired) electrons. The van der Waals surface area contributed by atoms with Gasteiger partial charge < -0.3 is 10.6 Å². The van der Waals surface area contributed by atoms with Crippen LogP contribution in [0.15, 0.2) is 76.3 Å². The second-order valence-corrected chi connectivity index (χ2v) is 11.4. The molecule has 0 unspecified atom stereocenters. The molecule has 2 aromatic carbocycles. The minimum absolute atomic E-state index is 0.117. The van der Waals surface area contributed by atoms with Gasteiger partial charge in [0.15, 0.2) is 0 Å². The molecule has 2 heterocycles. The van der Waals surface area contributed by atoms with E-state index in [-0.39, 0.29) is 28.6 Å². The Morgan fingerprint density at radius 2 is 1.76 bits per heavy atom. The standard InChI is InChI=1S/C25H27N3O4S2/c1-18(19-9-3-2-4-10-19)26-25(30)21-12-5-6-13-22(21)27-24(29)20-11-7-15-28(17-20)34(31,32)23-14-8-16-33-23/h2-6,8-10,12-14,16,18,20H,7,11,15,17H2,1H3,(H,26,30)(H,27,29)/t18-,20-/m0/s1. The van der Waals surface area contributed by atoms with Crippen molar-refractivity contribution in [2.45, 2.75) is 30.0 Å². The quantitative estimate of drug-likeness (QED) is 0.509. The van der Waals surface area contributed by atoms with Gasteiger partial charge >= 0.3 is 0 Å². The van der Waals surface area contributed by atoms with Crippen LogP contribution < -0.4 is 10.6 Å². The first-order chi connectivity index (χ1) is 16.4. The van der Waals surface area contributed by atoms with Gasteiger partial charge in [0, 0.05) is 13.1 Å². The van der Waals surface area contributed by atoms with Gasteiger partial charge in [-0.2, -0.15) is 4.31 Å². The first-order valence-electron chi connectivity index (χ1n) is 11.2. The van der Waals surface area contributed by atoms with Crippen LogP contribution in [0.2, 0.25) is 0 Å². The van der Waals surface area contributed by atoms with E-state index >= 15 is 0 Å². The zero-order valence-corrected chi connectivity index (χ0v) is 20.4. The van der Waals surface area contributed by atoms with E-state index in [1.807, 2.05) is 37.3 Å². The molecule has 1 aliphatic rings. The van der Waals surface area contributed by atoms with Crippen LogP contribution in [0.25, 0.3) is 0 Å². The van der Waals surface area contributed by atoms with Crippen LogP contribution in [0.3, 0.4) is 0 Å². The molecular weight excluding hydrogens is 470 g/mol. The molecule has 3 aromatic rings. The van der Waals surface area contributed by atoms with Crippen molar-refractivity contribution in [2.24, 2.45) is 5.92 Å². The fourth-order valence-electron chi connectivity index (χ4n) is 4.04. The molecule has 2 N–H and O–H groups in total. The van der Waals surface area contributed by atoms with E-state index in [0.717, 1.165) is 5.56 Å². The van der Waals surface area contributed by atoms with Crippen molar-refractivity contribution in [3.05, 3.63) is 83.2 Å². The lowest BCUT2D eigenvalue weighted by atomic mass is 9.98. The van der Waals surface area contributed by atoms with E-state index in [1.54, 1.807) is 41.8 Å². The summed E-state index contributed by atoms with van der Waals surface area (Å²) in [6.07, 6.45) is 1.18. The maximum atomic E-state index is 13.1. The number of nitrogens with zero attached hydrogens (tertiary/aromatic N) is 1. The zero-order chi connectivity index (χ0) is 24.1. The van der Waals surface area contributed by atoms with Crippen molar-refractivity contribution < 1.29 is 18.0 Å². The number of hydrogen-bond donors (Lipinski definition) is 2. The number of amides is 2. The minimum Gasteiger partial charge on any atom is -0.345 e. The summed E-state index contributed by atoms with van der Waals surface area (Å²) in [6, 6.07) is 19.6. The van der Waals surface area contributed by atoms with Crippen molar-refractivity contribution in [1.82, 2.24) is 9.62 Å². The Morgan fingerprint density at radius 1 is 1.03 bits per heavy atom. The molecule has 0 saturated carbocycles. The molecule has 1 aromatic heterocycles. The SMILES string of the molecule is C[C@H](NC(=O)c1ccccc1NC(=O)[C@H]1CCCN(S(=O)(=O)c2cccs2)C1)c1ccccc1. The van der Waals surface area contributed by atoms with Gasteiger partial charge in [-0.25, -0.2) is 8.42 Å². The number of hydrogen-bond acceptors (Lipinski definition) is 5. The topological polar surface area (TPSA) is 95.6 Å². The molecule has 4 rings (SSSR count). The van der Waals surface area contributed by atoms with Crippen LogP contribution in [0, 0.1) is 5.92 Å². The van der Waals surface area contributed by atoms with Gasteiger partial charge in [0.25, 0.3) is 15.9 Å². The van der Waals surface area contributed by atoms with E-state index < -0.39 is 15.9 Å². The Labute approximate surface area is 203 Å². The molecule has 1 fully saturated rings. The highest BCUT2D eigenvalue weighted by Gasteiger charge is 2.34. The summed E-state index contributed by atoms with van der Waals surface area (Å²) in [5, 5.41) is 7.56. The number of piperidine rings is 1. The van der Waals surface area contributed by atoms with Crippen LogP contribution in [0.5, 0.6) is 0 Å².